The van der Waals surface area contributed by atoms with Crippen molar-refractivity contribution in [2.24, 2.45) is 5.92 Å². The average molecular weight is 344 g/mol. The van der Waals surface area contributed by atoms with Gasteiger partial charge in [0, 0.05) is 12.2 Å². The number of ether oxygens (including phenoxy) is 1. The van der Waals surface area contributed by atoms with Crippen molar-refractivity contribution >= 4 is 22.8 Å². The van der Waals surface area contributed by atoms with Crippen LogP contribution in [-0.4, -0.2) is 28.6 Å². The Labute approximate surface area is 145 Å². The van der Waals surface area contributed by atoms with Gasteiger partial charge in [-0.1, -0.05) is 12.8 Å². The van der Waals surface area contributed by atoms with Crippen molar-refractivity contribution in [3.05, 3.63) is 36.3 Å². The Morgan fingerprint density at radius 3 is 3.00 bits per heavy atom. The molecule has 5 nitrogen and oxygen atoms in total. The summed E-state index contributed by atoms with van der Waals surface area (Å²) >= 11 is 0. The van der Waals surface area contributed by atoms with E-state index in [0.717, 1.165) is 24.6 Å². The summed E-state index contributed by atoms with van der Waals surface area (Å²) in [5.41, 5.74) is 0.636. The number of benzene rings is 1. The van der Waals surface area contributed by atoms with E-state index in [1.54, 1.807) is 16.8 Å². The highest BCUT2D eigenvalue weighted by Gasteiger charge is 2.38. The third-order valence-electron chi connectivity index (χ3n) is 5.36. The third kappa shape index (κ3) is 3.25. The topological polar surface area (TPSA) is 60.3 Å². The molecule has 25 heavy (non-hydrogen) atoms. The number of carbonyl (C=O) groups excluding carboxylic acids is 2. The highest BCUT2D eigenvalue weighted by molar-refractivity contribution is 5.86. The van der Waals surface area contributed by atoms with Gasteiger partial charge in [-0.15, -0.1) is 0 Å². The molecule has 1 aliphatic heterocycles. The minimum Gasteiger partial charge on any atom is -0.451 e. The Hall–Kier alpha value is -2.37. The van der Waals surface area contributed by atoms with Crippen LogP contribution in [0.1, 0.15) is 32.1 Å². The average Bonchev–Trinajstić information content (AvgIpc) is 2.97. The van der Waals surface area contributed by atoms with E-state index >= 15 is 0 Å². The second-order valence-corrected chi connectivity index (χ2v) is 7.02. The number of piperidine rings is 1. The molecule has 132 valence electrons. The lowest BCUT2D eigenvalue weighted by Gasteiger charge is -2.38. The molecule has 1 aromatic carbocycles. The summed E-state index contributed by atoms with van der Waals surface area (Å²) in [4.78, 5) is 24.5. The van der Waals surface area contributed by atoms with Crippen molar-refractivity contribution in [2.75, 3.05) is 0 Å². The van der Waals surface area contributed by atoms with Gasteiger partial charge in [0.2, 0.25) is 0 Å². The quantitative estimate of drug-likeness (QED) is 0.871. The second kappa shape index (κ2) is 6.50. The third-order valence-corrected chi connectivity index (χ3v) is 5.36. The molecule has 2 aromatic rings. The van der Waals surface area contributed by atoms with Gasteiger partial charge in [-0.3, -0.25) is 9.59 Å². The summed E-state index contributed by atoms with van der Waals surface area (Å²) < 4.78 is 20.5. The number of hydrogen-bond donors (Lipinski definition) is 1. The number of carbonyl (C=O) groups is 2. The maximum atomic E-state index is 13.4. The van der Waals surface area contributed by atoms with Crippen LogP contribution in [0.4, 0.5) is 4.39 Å². The lowest BCUT2D eigenvalue weighted by Crippen LogP contribution is -2.54. The molecule has 0 bridgehead atoms. The smallest absolute Gasteiger partial charge is 0.326 e. The number of nitrogens with zero attached hydrogens (tertiary/aromatic N) is 1. The van der Waals surface area contributed by atoms with Gasteiger partial charge in [0.15, 0.2) is 6.10 Å². The van der Waals surface area contributed by atoms with Crippen molar-refractivity contribution < 1.29 is 18.7 Å². The number of esters is 1. The van der Waals surface area contributed by atoms with Gasteiger partial charge in [-0.2, -0.15) is 0 Å². The van der Waals surface area contributed by atoms with Crippen molar-refractivity contribution in [1.82, 2.24) is 9.88 Å². The van der Waals surface area contributed by atoms with Gasteiger partial charge >= 0.3 is 5.97 Å². The lowest BCUT2D eigenvalue weighted by atomic mass is 9.78. The highest BCUT2D eigenvalue weighted by atomic mass is 19.1. The summed E-state index contributed by atoms with van der Waals surface area (Å²) in [5.74, 6) is -0.627. The Morgan fingerprint density at radius 2 is 2.12 bits per heavy atom. The van der Waals surface area contributed by atoms with Crippen molar-refractivity contribution in [1.29, 1.82) is 0 Å². The number of halogens is 1. The normalized spacial score (nSPS) is 26.1. The van der Waals surface area contributed by atoms with E-state index in [4.69, 9.17) is 4.74 Å². The van der Waals surface area contributed by atoms with E-state index < -0.39 is 12.1 Å². The molecule has 4 rings (SSSR count). The molecule has 1 saturated heterocycles. The summed E-state index contributed by atoms with van der Waals surface area (Å²) in [6.45, 7) is -0.0369. The number of aromatic nitrogens is 1. The lowest BCUT2D eigenvalue weighted by molar-refractivity contribution is -0.160. The van der Waals surface area contributed by atoms with Crippen LogP contribution in [0.3, 0.4) is 0 Å². The second-order valence-electron chi connectivity index (χ2n) is 7.02. The number of nitrogens with one attached hydrogen (secondary N) is 1. The monoisotopic (exact) mass is 344 g/mol. The maximum absolute atomic E-state index is 13.4. The van der Waals surface area contributed by atoms with Crippen LogP contribution in [0.5, 0.6) is 0 Å². The SMILES string of the molecule is O=C(Cn1ccc2ccc(F)cc21)OC1CC2CCCCC2NC1=O. The molecular weight excluding hydrogens is 323 g/mol. The predicted octanol–water partition coefficient (Wildman–Crippen LogP) is 2.77. The molecule has 1 aromatic heterocycles. The van der Waals surface area contributed by atoms with Crippen LogP contribution in [0.15, 0.2) is 30.5 Å². The van der Waals surface area contributed by atoms with Gasteiger partial charge in [0.05, 0.1) is 5.52 Å². The van der Waals surface area contributed by atoms with Crippen molar-refractivity contribution in [2.45, 2.75) is 50.8 Å². The number of rotatable bonds is 3. The van der Waals surface area contributed by atoms with E-state index in [-0.39, 0.29) is 24.3 Å². The van der Waals surface area contributed by atoms with Gasteiger partial charge in [-0.05, 0) is 54.8 Å². The zero-order valence-electron chi connectivity index (χ0n) is 13.9. The summed E-state index contributed by atoms with van der Waals surface area (Å²) in [5, 5.41) is 3.85. The fraction of sp³-hybridized carbons (Fsp3) is 0.474. The molecule has 0 radical (unpaired) electrons. The first-order valence-electron chi connectivity index (χ1n) is 8.84. The van der Waals surface area contributed by atoms with Gasteiger partial charge < -0.3 is 14.6 Å². The van der Waals surface area contributed by atoms with E-state index in [2.05, 4.69) is 5.32 Å². The highest BCUT2D eigenvalue weighted by Crippen LogP contribution is 2.32. The van der Waals surface area contributed by atoms with Crippen LogP contribution < -0.4 is 5.32 Å². The maximum Gasteiger partial charge on any atom is 0.326 e. The first-order valence-corrected chi connectivity index (χ1v) is 8.84. The Morgan fingerprint density at radius 1 is 1.28 bits per heavy atom. The molecule has 3 atom stereocenters. The first-order chi connectivity index (χ1) is 12.1. The minimum atomic E-state index is -0.717. The van der Waals surface area contributed by atoms with E-state index in [1.165, 1.54) is 18.6 Å². The van der Waals surface area contributed by atoms with Crippen molar-refractivity contribution in [3.63, 3.8) is 0 Å². The molecule has 6 heteroatoms. The molecular formula is C19H21FN2O3. The Balaban J connectivity index is 1.43. The number of amides is 1. The van der Waals surface area contributed by atoms with E-state index in [0.29, 0.717) is 17.9 Å². The molecule has 1 saturated carbocycles. The molecule has 1 amide bonds. The Bertz CT molecular complexity index is 816. The standard InChI is InChI=1S/C19H21FN2O3/c20-14-6-5-12-7-8-22(16(12)10-14)11-18(23)25-17-9-13-3-1-2-4-15(13)21-19(17)24/h5-8,10,13,15,17H,1-4,9,11H2,(H,21,24). The predicted molar refractivity (Wildman–Crippen MR) is 90.3 cm³/mol. The summed E-state index contributed by atoms with van der Waals surface area (Å²) in [6, 6.07) is 6.50. The minimum absolute atomic E-state index is 0.0369. The van der Waals surface area contributed by atoms with Gasteiger partial charge in [0.25, 0.3) is 5.91 Å². The van der Waals surface area contributed by atoms with Crippen LogP contribution in [0.25, 0.3) is 10.9 Å². The van der Waals surface area contributed by atoms with E-state index in [1.807, 2.05) is 6.07 Å². The Kier molecular flexibility index (Phi) is 4.19. The molecule has 2 fully saturated rings. The largest absolute Gasteiger partial charge is 0.451 e. The zero-order chi connectivity index (χ0) is 17.4. The van der Waals surface area contributed by atoms with Crippen LogP contribution in [-0.2, 0) is 20.9 Å². The molecule has 0 spiro atoms. The first kappa shape index (κ1) is 16.1. The van der Waals surface area contributed by atoms with Crippen LogP contribution in [0, 0.1) is 11.7 Å². The number of hydrogen-bond acceptors (Lipinski definition) is 3. The number of fused-ring (bicyclic) bond motifs is 2. The summed E-state index contributed by atoms with van der Waals surface area (Å²) in [7, 11) is 0. The van der Waals surface area contributed by atoms with Crippen LogP contribution >= 0.6 is 0 Å². The molecule has 1 aliphatic carbocycles. The summed E-state index contributed by atoms with van der Waals surface area (Å²) in [6.07, 6.45) is 6.00. The van der Waals surface area contributed by atoms with E-state index in [9.17, 15) is 14.0 Å². The van der Waals surface area contributed by atoms with Crippen LogP contribution in [0.2, 0.25) is 0 Å². The van der Waals surface area contributed by atoms with Crippen molar-refractivity contribution in [3.8, 4) is 0 Å². The fourth-order valence-corrected chi connectivity index (χ4v) is 4.07. The van der Waals surface area contributed by atoms with Gasteiger partial charge in [0.1, 0.15) is 12.4 Å². The fourth-order valence-electron chi connectivity index (χ4n) is 4.07. The molecule has 3 unspecified atom stereocenters. The molecule has 1 N–H and O–H groups in total. The molecule has 2 heterocycles. The van der Waals surface area contributed by atoms with Gasteiger partial charge in [-0.25, -0.2) is 4.39 Å². The zero-order valence-corrected chi connectivity index (χ0v) is 13.9. The molecule has 2 aliphatic rings.